The molecule has 8 heteroatoms. The molecule has 28 heavy (non-hydrogen) atoms. The Balaban J connectivity index is 0.00000112. The Labute approximate surface area is 177 Å². The number of halogens is 2. The van der Waals surface area contributed by atoms with Gasteiger partial charge in [-0.05, 0) is 50.8 Å². The van der Waals surface area contributed by atoms with E-state index in [1.54, 1.807) is 0 Å². The van der Waals surface area contributed by atoms with Gasteiger partial charge in [0.1, 0.15) is 5.52 Å². The average Bonchev–Trinajstić information content (AvgIpc) is 3.21. The van der Waals surface area contributed by atoms with Crippen molar-refractivity contribution >= 4 is 47.8 Å². The van der Waals surface area contributed by atoms with Crippen LogP contribution in [0.25, 0.3) is 11.1 Å². The predicted octanol–water partition coefficient (Wildman–Crippen LogP) is 3.24. The summed E-state index contributed by atoms with van der Waals surface area (Å²) in [6.45, 7) is 3.68. The fraction of sp³-hybridized carbons (Fsp3) is 0.600. The molecule has 2 unspecified atom stereocenters. The van der Waals surface area contributed by atoms with Crippen molar-refractivity contribution in [3.05, 3.63) is 24.3 Å². The molecule has 2 aromatic rings. The van der Waals surface area contributed by atoms with Gasteiger partial charge >= 0.3 is 0 Å². The van der Waals surface area contributed by atoms with E-state index in [4.69, 9.17) is 4.42 Å². The van der Waals surface area contributed by atoms with E-state index in [9.17, 15) is 4.79 Å². The Morgan fingerprint density at radius 3 is 2.57 bits per heavy atom. The number of hydrogen-bond donors (Lipinski definition) is 1. The standard InChI is InChI=1S/C20H26N4O2.2ClH/c25-19(24-15-5-6-16(24)13-21-10-7-15)14-8-11-23(12-9-14)20-22-17-3-1-2-4-18(17)26-20;;/h1-4,14-16,21H,5-13H2;2*1H. The fourth-order valence-corrected chi connectivity index (χ4v) is 4.87. The molecule has 1 aromatic carbocycles. The van der Waals surface area contributed by atoms with Crippen molar-refractivity contribution < 1.29 is 9.21 Å². The molecular formula is C20H28Cl2N4O2. The number of carbonyl (C=O) groups is 1. The molecule has 1 N–H and O–H groups in total. The smallest absolute Gasteiger partial charge is 0.298 e. The zero-order chi connectivity index (χ0) is 17.5. The molecule has 154 valence electrons. The lowest BCUT2D eigenvalue weighted by Gasteiger charge is -2.35. The van der Waals surface area contributed by atoms with Gasteiger partial charge in [0.2, 0.25) is 5.91 Å². The summed E-state index contributed by atoms with van der Waals surface area (Å²) >= 11 is 0. The number of hydrogen-bond acceptors (Lipinski definition) is 5. The third-order valence-electron chi connectivity index (χ3n) is 6.31. The Morgan fingerprint density at radius 2 is 1.79 bits per heavy atom. The summed E-state index contributed by atoms with van der Waals surface area (Å²) in [7, 11) is 0. The van der Waals surface area contributed by atoms with E-state index >= 15 is 0 Å². The van der Waals surface area contributed by atoms with Crippen molar-refractivity contribution in [1.82, 2.24) is 15.2 Å². The van der Waals surface area contributed by atoms with E-state index in [0.29, 0.717) is 24.0 Å². The minimum absolute atomic E-state index is 0. The number of oxazole rings is 1. The molecule has 3 aliphatic heterocycles. The predicted molar refractivity (Wildman–Crippen MR) is 115 cm³/mol. The molecule has 2 bridgehead atoms. The van der Waals surface area contributed by atoms with Crippen molar-refractivity contribution in [2.75, 3.05) is 31.1 Å². The number of aromatic nitrogens is 1. The normalized spacial score (nSPS) is 25.1. The van der Waals surface area contributed by atoms with E-state index in [1.807, 2.05) is 24.3 Å². The molecule has 0 aliphatic carbocycles. The topological polar surface area (TPSA) is 61.6 Å². The number of piperidine rings is 1. The second-order valence-corrected chi connectivity index (χ2v) is 7.85. The lowest BCUT2D eigenvalue weighted by atomic mass is 9.94. The third kappa shape index (κ3) is 3.82. The minimum Gasteiger partial charge on any atom is -0.423 e. The van der Waals surface area contributed by atoms with E-state index in [2.05, 4.69) is 20.1 Å². The van der Waals surface area contributed by atoms with Gasteiger partial charge in [-0.1, -0.05) is 12.1 Å². The first-order valence-electron chi connectivity index (χ1n) is 9.93. The van der Waals surface area contributed by atoms with Gasteiger partial charge < -0.3 is 19.5 Å². The largest absolute Gasteiger partial charge is 0.423 e. The van der Waals surface area contributed by atoms with E-state index in [0.717, 1.165) is 63.0 Å². The van der Waals surface area contributed by atoms with E-state index in [1.165, 1.54) is 6.42 Å². The van der Waals surface area contributed by atoms with Crippen LogP contribution in [0.2, 0.25) is 0 Å². The third-order valence-corrected chi connectivity index (χ3v) is 6.31. The summed E-state index contributed by atoms with van der Waals surface area (Å²) in [4.78, 5) is 22.2. The molecule has 3 saturated heterocycles. The molecule has 2 atom stereocenters. The number of rotatable bonds is 2. The maximum atomic E-state index is 13.2. The lowest BCUT2D eigenvalue weighted by Crippen LogP contribution is -2.48. The van der Waals surface area contributed by atoms with Gasteiger partial charge in [-0.2, -0.15) is 4.98 Å². The fourth-order valence-electron chi connectivity index (χ4n) is 4.87. The second kappa shape index (κ2) is 8.89. The maximum Gasteiger partial charge on any atom is 0.298 e. The highest BCUT2D eigenvalue weighted by Crippen LogP contribution is 2.33. The van der Waals surface area contributed by atoms with Crippen LogP contribution < -0.4 is 10.2 Å². The SMILES string of the molecule is Cl.Cl.O=C(C1CCN(c2nc3ccccc3o2)CC1)N1C2CCNCC1CC2. The number of nitrogens with zero attached hydrogens (tertiary/aromatic N) is 3. The number of anilines is 1. The summed E-state index contributed by atoms with van der Waals surface area (Å²) in [5, 5.41) is 3.48. The van der Waals surface area contributed by atoms with Crippen LogP contribution >= 0.6 is 24.8 Å². The second-order valence-electron chi connectivity index (χ2n) is 7.85. The van der Waals surface area contributed by atoms with Crippen LogP contribution in [0.3, 0.4) is 0 Å². The van der Waals surface area contributed by atoms with Crippen LogP contribution in [0, 0.1) is 5.92 Å². The highest BCUT2D eigenvalue weighted by atomic mass is 35.5. The molecule has 3 fully saturated rings. The van der Waals surface area contributed by atoms with Crippen molar-refractivity contribution in [3.8, 4) is 0 Å². The Bertz CT molecular complexity index is 759. The lowest BCUT2D eigenvalue weighted by molar-refractivity contribution is -0.138. The van der Waals surface area contributed by atoms with E-state index in [-0.39, 0.29) is 30.7 Å². The van der Waals surface area contributed by atoms with E-state index < -0.39 is 0 Å². The van der Waals surface area contributed by atoms with Crippen LogP contribution in [-0.2, 0) is 4.79 Å². The average molecular weight is 427 g/mol. The van der Waals surface area contributed by atoms with Crippen molar-refractivity contribution in [3.63, 3.8) is 0 Å². The molecule has 4 heterocycles. The highest BCUT2D eigenvalue weighted by molar-refractivity contribution is 5.85. The molecule has 3 aliphatic rings. The molecule has 1 aromatic heterocycles. The molecule has 0 saturated carbocycles. The summed E-state index contributed by atoms with van der Waals surface area (Å²) in [6.07, 6.45) is 5.22. The number of amides is 1. The minimum atomic E-state index is 0. The van der Waals surface area contributed by atoms with Gasteiger partial charge in [0.15, 0.2) is 5.58 Å². The first kappa shape index (κ1) is 21.2. The van der Waals surface area contributed by atoms with Crippen LogP contribution in [0.5, 0.6) is 0 Å². The van der Waals surface area contributed by atoms with Gasteiger partial charge in [-0.3, -0.25) is 4.79 Å². The first-order valence-corrected chi connectivity index (χ1v) is 9.93. The van der Waals surface area contributed by atoms with Gasteiger partial charge in [-0.25, -0.2) is 0 Å². The Morgan fingerprint density at radius 1 is 1.04 bits per heavy atom. The summed E-state index contributed by atoms with van der Waals surface area (Å²) in [6, 6.07) is 9.42. The molecule has 1 amide bonds. The van der Waals surface area contributed by atoms with Crippen LogP contribution in [0.1, 0.15) is 32.1 Å². The summed E-state index contributed by atoms with van der Waals surface area (Å²) in [5.41, 5.74) is 1.73. The summed E-state index contributed by atoms with van der Waals surface area (Å²) < 4.78 is 5.89. The number of para-hydroxylation sites is 2. The quantitative estimate of drug-likeness (QED) is 0.798. The first-order chi connectivity index (χ1) is 12.8. The molecule has 6 nitrogen and oxygen atoms in total. The van der Waals surface area contributed by atoms with Crippen LogP contribution in [0.4, 0.5) is 6.01 Å². The van der Waals surface area contributed by atoms with Crippen molar-refractivity contribution in [2.45, 2.75) is 44.2 Å². The van der Waals surface area contributed by atoms with Crippen molar-refractivity contribution in [1.29, 1.82) is 0 Å². The van der Waals surface area contributed by atoms with Gasteiger partial charge in [0.25, 0.3) is 6.01 Å². The molecule has 0 radical (unpaired) electrons. The molecule has 0 spiro atoms. The Hall–Kier alpha value is -1.50. The molecular weight excluding hydrogens is 399 g/mol. The zero-order valence-electron chi connectivity index (χ0n) is 15.9. The van der Waals surface area contributed by atoms with Gasteiger partial charge in [0.05, 0.1) is 0 Å². The zero-order valence-corrected chi connectivity index (χ0v) is 17.5. The summed E-state index contributed by atoms with van der Waals surface area (Å²) in [5.74, 6) is 0.537. The Kier molecular flexibility index (Phi) is 6.73. The number of nitrogens with one attached hydrogen (secondary N) is 1. The van der Waals surface area contributed by atoms with Crippen LogP contribution in [0.15, 0.2) is 28.7 Å². The highest BCUT2D eigenvalue weighted by Gasteiger charge is 2.41. The monoisotopic (exact) mass is 426 g/mol. The van der Waals surface area contributed by atoms with Crippen LogP contribution in [-0.4, -0.2) is 54.1 Å². The van der Waals surface area contributed by atoms with Gasteiger partial charge in [-0.15, -0.1) is 24.8 Å². The number of benzene rings is 1. The van der Waals surface area contributed by atoms with Crippen molar-refractivity contribution in [2.24, 2.45) is 5.92 Å². The van der Waals surface area contributed by atoms with Gasteiger partial charge in [0, 0.05) is 37.6 Å². The maximum absolute atomic E-state index is 13.2. The number of carbonyl (C=O) groups excluding carboxylic acids is 1. The number of fused-ring (bicyclic) bond motifs is 3. The molecule has 5 rings (SSSR count).